The second-order valence-corrected chi connectivity index (χ2v) is 5.20. The Balaban J connectivity index is 2.11. The lowest BCUT2D eigenvalue weighted by Gasteiger charge is -2.13. The molecule has 5 heteroatoms. The first-order valence-corrected chi connectivity index (χ1v) is 7.12. The standard InChI is InChI=1S/C16H13BrN2O2/c1-11(12-5-3-2-4-6-12)19-16(20)13(10-18)9-14-7-8-15(17)21-14/h2-9,11H,1H3,(H,19,20)/b13-9+/t11-/m0/s1. The molecule has 1 atom stereocenters. The van der Waals surface area contributed by atoms with E-state index in [0.717, 1.165) is 5.56 Å². The zero-order chi connectivity index (χ0) is 15.2. The van der Waals surface area contributed by atoms with Crippen LogP contribution in [-0.4, -0.2) is 5.91 Å². The fourth-order valence-corrected chi connectivity index (χ4v) is 2.12. The molecule has 0 fully saturated rings. The molecule has 106 valence electrons. The van der Waals surface area contributed by atoms with Crippen LogP contribution >= 0.6 is 15.9 Å². The summed E-state index contributed by atoms with van der Waals surface area (Å²) < 4.78 is 5.81. The number of hydrogen-bond acceptors (Lipinski definition) is 3. The van der Waals surface area contributed by atoms with Crippen LogP contribution in [0.4, 0.5) is 0 Å². The number of halogens is 1. The molecule has 0 radical (unpaired) electrons. The first-order valence-electron chi connectivity index (χ1n) is 6.33. The highest BCUT2D eigenvalue weighted by Gasteiger charge is 2.14. The largest absolute Gasteiger partial charge is 0.450 e. The highest BCUT2D eigenvalue weighted by molar-refractivity contribution is 9.10. The van der Waals surface area contributed by atoms with Gasteiger partial charge in [0.2, 0.25) is 0 Å². The Kier molecular flexibility index (Phi) is 4.96. The molecule has 0 bridgehead atoms. The van der Waals surface area contributed by atoms with Gasteiger partial charge in [-0.3, -0.25) is 4.79 Å². The van der Waals surface area contributed by atoms with Crippen molar-refractivity contribution in [2.75, 3.05) is 0 Å². The van der Waals surface area contributed by atoms with Crippen molar-refractivity contribution < 1.29 is 9.21 Å². The fraction of sp³-hybridized carbons (Fsp3) is 0.125. The highest BCUT2D eigenvalue weighted by Crippen LogP contribution is 2.17. The number of nitrogens with zero attached hydrogens (tertiary/aromatic N) is 1. The number of amides is 1. The molecular formula is C16H13BrN2O2. The minimum Gasteiger partial charge on any atom is -0.450 e. The van der Waals surface area contributed by atoms with Gasteiger partial charge in [0.25, 0.3) is 5.91 Å². The van der Waals surface area contributed by atoms with Gasteiger partial charge in [0, 0.05) is 6.08 Å². The van der Waals surface area contributed by atoms with E-state index >= 15 is 0 Å². The molecule has 0 spiro atoms. The van der Waals surface area contributed by atoms with Crippen LogP contribution < -0.4 is 5.32 Å². The predicted octanol–water partition coefficient (Wildman–Crippen LogP) is 3.83. The molecular weight excluding hydrogens is 332 g/mol. The van der Waals surface area contributed by atoms with Crippen molar-refractivity contribution in [3.8, 4) is 6.07 Å². The molecule has 1 amide bonds. The number of carbonyl (C=O) groups is 1. The summed E-state index contributed by atoms with van der Waals surface area (Å²) >= 11 is 3.17. The smallest absolute Gasteiger partial charge is 0.262 e. The molecule has 0 saturated heterocycles. The van der Waals surface area contributed by atoms with Crippen molar-refractivity contribution in [1.82, 2.24) is 5.32 Å². The van der Waals surface area contributed by atoms with E-state index in [2.05, 4.69) is 21.2 Å². The van der Waals surface area contributed by atoms with Crippen LogP contribution in [0.3, 0.4) is 0 Å². The van der Waals surface area contributed by atoms with Gasteiger partial charge >= 0.3 is 0 Å². The molecule has 0 unspecified atom stereocenters. The Morgan fingerprint density at radius 1 is 1.33 bits per heavy atom. The van der Waals surface area contributed by atoms with E-state index < -0.39 is 5.91 Å². The molecule has 0 aliphatic heterocycles. The second-order valence-electron chi connectivity index (χ2n) is 4.42. The van der Waals surface area contributed by atoms with Crippen LogP contribution in [0.2, 0.25) is 0 Å². The van der Waals surface area contributed by atoms with E-state index in [4.69, 9.17) is 9.68 Å². The molecule has 1 N–H and O–H groups in total. The van der Waals surface area contributed by atoms with Gasteiger partial charge in [0.05, 0.1) is 6.04 Å². The third-order valence-electron chi connectivity index (χ3n) is 2.89. The zero-order valence-electron chi connectivity index (χ0n) is 11.3. The SMILES string of the molecule is C[C@H](NC(=O)/C(C#N)=C/c1ccc(Br)o1)c1ccccc1. The number of nitriles is 1. The second kappa shape index (κ2) is 6.91. The van der Waals surface area contributed by atoms with Crippen LogP contribution in [0, 0.1) is 11.3 Å². The maximum Gasteiger partial charge on any atom is 0.262 e. The summed E-state index contributed by atoms with van der Waals surface area (Å²) in [6, 6.07) is 14.6. The van der Waals surface area contributed by atoms with Gasteiger partial charge in [-0.2, -0.15) is 5.26 Å². The molecule has 21 heavy (non-hydrogen) atoms. The Labute approximate surface area is 131 Å². The number of carbonyl (C=O) groups excluding carboxylic acids is 1. The third kappa shape index (κ3) is 4.07. The van der Waals surface area contributed by atoms with Gasteiger partial charge in [0.15, 0.2) is 4.67 Å². The molecule has 0 saturated carbocycles. The van der Waals surface area contributed by atoms with E-state index in [1.165, 1.54) is 6.08 Å². The Morgan fingerprint density at radius 3 is 2.62 bits per heavy atom. The van der Waals surface area contributed by atoms with E-state index in [0.29, 0.717) is 10.4 Å². The lowest BCUT2D eigenvalue weighted by atomic mass is 10.1. The minimum atomic E-state index is -0.429. The molecule has 0 aliphatic rings. The third-order valence-corrected chi connectivity index (χ3v) is 3.32. The molecule has 1 aromatic heterocycles. The van der Waals surface area contributed by atoms with Crippen molar-refractivity contribution in [1.29, 1.82) is 5.26 Å². The Bertz CT molecular complexity index is 699. The Morgan fingerprint density at radius 2 is 2.05 bits per heavy atom. The summed E-state index contributed by atoms with van der Waals surface area (Å²) in [7, 11) is 0. The van der Waals surface area contributed by atoms with Crippen LogP contribution in [-0.2, 0) is 4.79 Å². The topological polar surface area (TPSA) is 66.0 Å². The van der Waals surface area contributed by atoms with Crippen LogP contribution in [0.1, 0.15) is 24.3 Å². The number of hydrogen-bond donors (Lipinski definition) is 1. The maximum atomic E-state index is 12.1. The van der Waals surface area contributed by atoms with Gasteiger partial charge in [-0.05, 0) is 40.5 Å². The molecule has 2 rings (SSSR count). The van der Waals surface area contributed by atoms with Crippen LogP contribution in [0.15, 0.2) is 57.1 Å². The summed E-state index contributed by atoms with van der Waals surface area (Å²) in [6.45, 7) is 1.87. The van der Waals surface area contributed by atoms with Gasteiger partial charge in [0.1, 0.15) is 17.4 Å². The average Bonchev–Trinajstić information content (AvgIpc) is 2.90. The first-order chi connectivity index (χ1) is 10.1. The van der Waals surface area contributed by atoms with Crippen molar-refractivity contribution in [3.05, 3.63) is 64.0 Å². The normalized spacial score (nSPS) is 12.5. The molecule has 2 aromatic rings. The summed E-state index contributed by atoms with van der Waals surface area (Å²) in [5.74, 6) is 0.0160. The summed E-state index contributed by atoms with van der Waals surface area (Å²) in [5.41, 5.74) is 0.975. The first kappa shape index (κ1) is 15.1. The van der Waals surface area contributed by atoms with Crippen molar-refractivity contribution in [3.63, 3.8) is 0 Å². The maximum absolute atomic E-state index is 12.1. The zero-order valence-corrected chi connectivity index (χ0v) is 12.9. The van der Waals surface area contributed by atoms with Crippen molar-refractivity contribution in [2.45, 2.75) is 13.0 Å². The lowest BCUT2D eigenvalue weighted by Crippen LogP contribution is -2.27. The number of furan rings is 1. The van der Waals surface area contributed by atoms with Crippen molar-refractivity contribution >= 4 is 27.9 Å². The summed E-state index contributed by atoms with van der Waals surface area (Å²) in [6.07, 6.45) is 1.41. The van der Waals surface area contributed by atoms with Crippen molar-refractivity contribution in [2.24, 2.45) is 0 Å². The fourth-order valence-electron chi connectivity index (χ4n) is 1.80. The number of rotatable bonds is 4. The van der Waals surface area contributed by atoms with Gasteiger partial charge in [-0.1, -0.05) is 30.3 Å². The van der Waals surface area contributed by atoms with Gasteiger partial charge in [-0.25, -0.2) is 0 Å². The van der Waals surface area contributed by atoms with E-state index in [9.17, 15) is 4.79 Å². The summed E-state index contributed by atoms with van der Waals surface area (Å²) in [4.78, 5) is 12.1. The average molecular weight is 345 g/mol. The summed E-state index contributed by atoms with van der Waals surface area (Å²) in [5, 5.41) is 11.9. The molecule has 1 aromatic carbocycles. The van der Waals surface area contributed by atoms with E-state index in [1.807, 2.05) is 43.3 Å². The molecule has 0 aliphatic carbocycles. The van der Waals surface area contributed by atoms with E-state index in [1.54, 1.807) is 12.1 Å². The number of nitrogens with one attached hydrogen (secondary N) is 1. The number of benzene rings is 1. The monoisotopic (exact) mass is 344 g/mol. The predicted molar refractivity (Wildman–Crippen MR) is 83.0 cm³/mol. The minimum absolute atomic E-state index is 0.000342. The Hall–Kier alpha value is -2.32. The van der Waals surface area contributed by atoms with Crippen LogP contribution in [0.5, 0.6) is 0 Å². The van der Waals surface area contributed by atoms with Gasteiger partial charge in [-0.15, -0.1) is 0 Å². The van der Waals surface area contributed by atoms with E-state index in [-0.39, 0.29) is 11.6 Å². The molecule has 1 heterocycles. The molecule has 4 nitrogen and oxygen atoms in total. The quantitative estimate of drug-likeness (QED) is 0.677. The van der Waals surface area contributed by atoms with Gasteiger partial charge < -0.3 is 9.73 Å². The highest BCUT2D eigenvalue weighted by atomic mass is 79.9. The van der Waals surface area contributed by atoms with Crippen LogP contribution in [0.25, 0.3) is 6.08 Å². The lowest BCUT2D eigenvalue weighted by molar-refractivity contribution is -0.117.